The van der Waals surface area contributed by atoms with E-state index in [4.69, 9.17) is 11.6 Å². The highest BCUT2D eigenvalue weighted by atomic mass is 35.5. The van der Waals surface area contributed by atoms with E-state index in [1.807, 2.05) is 19.9 Å². The third kappa shape index (κ3) is 3.54. The van der Waals surface area contributed by atoms with Crippen LogP contribution in [-0.2, 0) is 0 Å². The lowest BCUT2D eigenvalue weighted by Gasteiger charge is -2.13. The van der Waals surface area contributed by atoms with Gasteiger partial charge in [-0.3, -0.25) is 9.59 Å². The Morgan fingerprint density at radius 1 is 1.36 bits per heavy atom. The molecular formula is C16H18ClN3O2. The van der Waals surface area contributed by atoms with Gasteiger partial charge in [-0.2, -0.15) is 5.10 Å². The number of benzene rings is 1. The summed E-state index contributed by atoms with van der Waals surface area (Å²) in [5, 5.41) is 7.39. The zero-order valence-electron chi connectivity index (χ0n) is 12.8. The molecule has 0 aliphatic carbocycles. The number of nitrogens with zero attached hydrogens (tertiary/aromatic N) is 2. The lowest BCUT2D eigenvalue weighted by Crippen LogP contribution is -2.34. The second-order valence-corrected chi connectivity index (χ2v) is 5.87. The number of rotatable bonds is 4. The van der Waals surface area contributed by atoms with Gasteiger partial charge in [-0.15, -0.1) is 0 Å². The maximum Gasteiger partial charge on any atom is 0.275 e. The molecule has 0 fully saturated rings. The monoisotopic (exact) mass is 319 g/mol. The molecule has 1 heterocycles. The van der Waals surface area contributed by atoms with E-state index in [9.17, 15) is 9.59 Å². The van der Waals surface area contributed by atoms with Crippen molar-refractivity contribution in [2.75, 3.05) is 6.54 Å². The summed E-state index contributed by atoms with van der Waals surface area (Å²) in [7, 11) is 0. The van der Waals surface area contributed by atoms with E-state index in [1.165, 1.54) is 10.7 Å². The maximum atomic E-state index is 12.1. The molecular weight excluding hydrogens is 302 g/mol. The van der Waals surface area contributed by atoms with E-state index < -0.39 is 11.3 Å². The Bertz CT molecular complexity index is 753. The molecule has 6 heteroatoms. The van der Waals surface area contributed by atoms with Crippen molar-refractivity contribution in [3.8, 4) is 5.69 Å². The number of aromatic nitrogens is 2. The van der Waals surface area contributed by atoms with Gasteiger partial charge in [0.15, 0.2) is 5.69 Å². The van der Waals surface area contributed by atoms with E-state index in [0.717, 1.165) is 0 Å². The molecule has 0 bridgehead atoms. The predicted molar refractivity (Wildman–Crippen MR) is 86.8 cm³/mol. The number of nitrogens with one attached hydrogen (secondary N) is 1. The average molecular weight is 320 g/mol. The molecule has 22 heavy (non-hydrogen) atoms. The molecule has 1 aromatic heterocycles. The Morgan fingerprint density at radius 2 is 2.05 bits per heavy atom. The first-order valence-corrected chi connectivity index (χ1v) is 7.42. The summed E-state index contributed by atoms with van der Waals surface area (Å²) in [4.78, 5) is 24.2. The molecule has 0 unspecified atom stereocenters. The second-order valence-electron chi connectivity index (χ2n) is 5.47. The largest absolute Gasteiger partial charge is 0.350 e. The molecule has 0 spiro atoms. The van der Waals surface area contributed by atoms with Crippen LogP contribution in [0.2, 0.25) is 5.02 Å². The number of hydrogen-bond acceptors (Lipinski definition) is 3. The highest BCUT2D eigenvalue weighted by Gasteiger charge is 2.16. The Morgan fingerprint density at radius 3 is 2.68 bits per heavy atom. The van der Waals surface area contributed by atoms with Gasteiger partial charge in [0.25, 0.3) is 5.91 Å². The summed E-state index contributed by atoms with van der Waals surface area (Å²) < 4.78 is 1.51. The first kappa shape index (κ1) is 16.2. The van der Waals surface area contributed by atoms with Gasteiger partial charge in [0.1, 0.15) is 0 Å². The third-order valence-corrected chi connectivity index (χ3v) is 3.39. The molecule has 2 aromatic rings. The lowest BCUT2D eigenvalue weighted by atomic mass is 10.2. The molecule has 1 N–H and O–H groups in total. The minimum atomic E-state index is -0.473. The van der Waals surface area contributed by atoms with E-state index in [-0.39, 0.29) is 5.69 Å². The van der Waals surface area contributed by atoms with Crippen LogP contribution >= 0.6 is 11.6 Å². The molecule has 0 radical (unpaired) electrons. The fourth-order valence-corrected chi connectivity index (χ4v) is 2.17. The Balaban J connectivity index is 2.46. The van der Waals surface area contributed by atoms with Gasteiger partial charge < -0.3 is 5.32 Å². The first-order chi connectivity index (χ1) is 10.4. The van der Waals surface area contributed by atoms with Gasteiger partial charge >= 0.3 is 0 Å². The molecule has 2 rings (SSSR count). The Kier molecular flexibility index (Phi) is 4.98. The fraction of sp³-hybridized carbons (Fsp3) is 0.312. The summed E-state index contributed by atoms with van der Waals surface area (Å²) in [6.45, 7) is 6.18. The van der Waals surface area contributed by atoms with Crippen LogP contribution in [0.4, 0.5) is 0 Å². The van der Waals surface area contributed by atoms with Crippen LogP contribution in [0.5, 0.6) is 0 Å². The quantitative estimate of drug-likeness (QED) is 0.942. The second kappa shape index (κ2) is 6.75. The highest BCUT2D eigenvalue weighted by Crippen LogP contribution is 2.19. The molecule has 116 valence electrons. The van der Waals surface area contributed by atoms with Crippen LogP contribution in [-0.4, -0.2) is 22.2 Å². The van der Waals surface area contributed by atoms with Crippen molar-refractivity contribution in [3.63, 3.8) is 0 Å². The average Bonchev–Trinajstić information content (AvgIpc) is 2.46. The van der Waals surface area contributed by atoms with Gasteiger partial charge in [0.2, 0.25) is 5.43 Å². The van der Waals surface area contributed by atoms with Crippen molar-refractivity contribution in [1.29, 1.82) is 0 Å². The predicted octanol–water partition coefficient (Wildman–Crippen LogP) is 2.58. The SMILES string of the molecule is Cc1cc(=O)c(C(=O)NCC(C)C)nn1-c1ccccc1Cl. The van der Waals surface area contributed by atoms with Crippen LogP contribution in [0.1, 0.15) is 30.0 Å². The summed E-state index contributed by atoms with van der Waals surface area (Å²) in [5.74, 6) is -0.181. The summed E-state index contributed by atoms with van der Waals surface area (Å²) in [6, 6.07) is 8.52. The summed E-state index contributed by atoms with van der Waals surface area (Å²) in [5.41, 5.74) is 0.700. The number of carbonyl (C=O) groups excluding carboxylic acids is 1. The third-order valence-electron chi connectivity index (χ3n) is 3.07. The van der Waals surface area contributed by atoms with Gasteiger partial charge in [0.05, 0.1) is 10.7 Å². The zero-order valence-corrected chi connectivity index (χ0v) is 13.5. The standard InChI is InChI=1S/C16H18ClN3O2/c1-10(2)9-18-16(22)15-14(21)8-11(3)20(19-15)13-7-5-4-6-12(13)17/h4-8,10H,9H2,1-3H3,(H,18,22). The number of aryl methyl sites for hydroxylation is 1. The molecule has 5 nitrogen and oxygen atoms in total. The number of hydrogen-bond donors (Lipinski definition) is 1. The number of carbonyl (C=O) groups is 1. The molecule has 1 aromatic carbocycles. The smallest absolute Gasteiger partial charge is 0.275 e. The summed E-state index contributed by atoms with van der Waals surface area (Å²) >= 11 is 6.17. The normalized spacial score (nSPS) is 10.8. The van der Waals surface area contributed by atoms with Crippen LogP contribution < -0.4 is 10.7 Å². The van der Waals surface area contributed by atoms with Gasteiger partial charge in [0, 0.05) is 18.3 Å². The molecule has 0 aliphatic heterocycles. The van der Waals surface area contributed by atoms with E-state index in [1.54, 1.807) is 25.1 Å². The van der Waals surface area contributed by atoms with E-state index in [0.29, 0.717) is 28.9 Å². The minimum absolute atomic E-state index is 0.133. The van der Waals surface area contributed by atoms with E-state index in [2.05, 4.69) is 10.4 Å². The topological polar surface area (TPSA) is 64.0 Å². The van der Waals surface area contributed by atoms with Crippen LogP contribution in [0.25, 0.3) is 5.69 Å². The summed E-state index contributed by atoms with van der Waals surface area (Å²) in [6.07, 6.45) is 0. The Labute approximate surface area is 133 Å². The Hall–Kier alpha value is -2.14. The zero-order chi connectivity index (χ0) is 16.3. The van der Waals surface area contributed by atoms with Gasteiger partial charge in [-0.05, 0) is 25.0 Å². The van der Waals surface area contributed by atoms with Crippen molar-refractivity contribution in [2.45, 2.75) is 20.8 Å². The van der Waals surface area contributed by atoms with E-state index >= 15 is 0 Å². The van der Waals surface area contributed by atoms with Crippen molar-refractivity contribution in [1.82, 2.24) is 15.1 Å². The molecule has 0 aliphatic rings. The van der Waals surface area contributed by atoms with Crippen LogP contribution in [0.15, 0.2) is 35.1 Å². The molecule has 0 saturated heterocycles. The van der Waals surface area contributed by atoms with Crippen LogP contribution in [0.3, 0.4) is 0 Å². The lowest BCUT2D eigenvalue weighted by molar-refractivity contribution is 0.0941. The van der Waals surface area contributed by atoms with Gasteiger partial charge in [-0.25, -0.2) is 4.68 Å². The number of halogens is 1. The van der Waals surface area contributed by atoms with Crippen LogP contribution in [0, 0.1) is 12.8 Å². The highest BCUT2D eigenvalue weighted by molar-refractivity contribution is 6.32. The van der Waals surface area contributed by atoms with Crippen molar-refractivity contribution in [3.05, 3.63) is 57.0 Å². The van der Waals surface area contributed by atoms with Crippen molar-refractivity contribution < 1.29 is 4.79 Å². The first-order valence-electron chi connectivity index (χ1n) is 7.04. The van der Waals surface area contributed by atoms with Gasteiger partial charge in [-0.1, -0.05) is 37.6 Å². The maximum absolute atomic E-state index is 12.1. The molecule has 1 amide bonds. The molecule has 0 atom stereocenters. The van der Waals surface area contributed by atoms with Crippen molar-refractivity contribution >= 4 is 17.5 Å². The minimum Gasteiger partial charge on any atom is -0.350 e. The number of para-hydroxylation sites is 1. The fourth-order valence-electron chi connectivity index (χ4n) is 1.95. The van der Waals surface area contributed by atoms with Crippen molar-refractivity contribution in [2.24, 2.45) is 5.92 Å². The molecule has 0 saturated carbocycles. The number of amides is 1.